The lowest BCUT2D eigenvalue weighted by molar-refractivity contribution is 0.327. The molecule has 16 heavy (non-hydrogen) atoms. The van der Waals surface area contributed by atoms with Gasteiger partial charge in [0.2, 0.25) is 5.88 Å². The largest absolute Gasteiger partial charge is 0.478 e. The monoisotopic (exact) mass is 222 g/mol. The van der Waals surface area contributed by atoms with Crippen LogP contribution in [0, 0.1) is 5.92 Å². The van der Waals surface area contributed by atoms with Gasteiger partial charge in [0.15, 0.2) is 0 Å². The molecule has 1 rings (SSSR count). The fraction of sp³-hybridized carbons (Fsp3) is 0.615. The first kappa shape index (κ1) is 12.8. The molecule has 0 aromatic carbocycles. The molecule has 0 amide bonds. The molecule has 2 atom stereocenters. The fourth-order valence-corrected chi connectivity index (χ4v) is 1.45. The van der Waals surface area contributed by atoms with E-state index in [1.165, 1.54) is 6.42 Å². The standard InChI is InChI=1S/C13H22N2O/c1-5-10(3)11(4)14-12-8-7-9-13(15-12)16-6-2/h7-11H,5-6H2,1-4H3,(H,14,15). The summed E-state index contributed by atoms with van der Waals surface area (Å²) in [5.41, 5.74) is 0. The molecule has 1 heterocycles. The first-order chi connectivity index (χ1) is 7.67. The van der Waals surface area contributed by atoms with Crippen LogP contribution in [0.4, 0.5) is 5.82 Å². The Kier molecular flexibility index (Phi) is 5.09. The molecule has 0 bridgehead atoms. The maximum atomic E-state index is 5.36. The van der Waals surface area contributed by atoms with Crippen molar-refractivity contribution in [2.45, 2.75) is 40.2 Å². The summed E-state index contributed by atoms with van der Waals surface area (Å²) in [5, 5.41) is 3.40. The van der Waals surface area contributed by atoms with Gasteiger partial charge in [-0.1, -0.05) is 26.3 Å². The molecule has 3 heteroatoms. The minimum Gasteiger partial charge on any atom is -0.478 e. The molecule has 0 aliphatic heterocycles. The van der Waals surface area contributed by atoms with Crippen LogP contribution in [-0.4, -0.2) is 17.6 Å². The van der Waals surface area contributed by atoms with E-state index in [1.54, 1.807) is 0 Å². The van der Waals surface area contributed by atoms with E-state index >= 15 is 0 Å². The Balaban J connectivity index is 2.62. The van der Waals surface area contributed by atoms with Gasteiger partial charge in [0, 0.05) is 12.1 Å². The first-order valence-corrected chi connectivity index (χ1v) is 6.03. The molecule has 90 valence electrons. The quantitative estimate of drug-likeness (QED) is 0.801. The molecule has 3 nitrogen and oxygen atoms in total. The molecule has 2 unspecified atom stereocenters. The lowest BCUT2D eigenvalue weighted by atomic mass is 10.0. The summed E-state index contributed by atoms with van der Waals surface area (Å²) in [5.74, 6) is 2.21. The van der Waals surface area contributed by atoms with Gasteiger partial charge in [-0.05, 0) is 25.8 Å². The summed E-state index contributed by atoms with van der Waals surface area (Å²) >= 11 is 0. The highest BCUT2D eigenvalue weighted by atomic mass is 16.5. The zero-order valence-corrected chi connectivity index (χ0v) is 10.7. The minimum absolute atomic E-state index is 0.425. The van der Waals surface area contributed by atoms with E-state index in [1.807, 2.05) is 25.1 Å². The van der Waals surface area contributed by atoms with Crippen molar-refractivity contribution in [3.05, 3.63) is 18.2 Å². The second-order valence-electron chi connectivity index (χ2n) is 4.11. The number of rotatable bonds is 6. The van der Waals surface area contributed by atoms with E-state index in [4.69, 9.17) is 4.74 Å². The van der Waals surface area contributed by atoms with Crippen molar-refractivity contribution in [3.63, 3.8) is 0 Å². The molecule has 0 saturated heterocycles. The normalized spacial score (nSPS) is 14.2. The van der Waals surface area contributed by atoms with Crippen molar-refractivity contribution in [1.82, 2.24) is 4.98 Å². The van der Waals surface area contributed by atoms with E-state index in [2.05, 4.69) is 31.1 Å². The van der Waals surface area contributed by atoms with Gasteiger partial charge in [-0.3, -0.25) is 0 Å². The zero-order valence-electron chi connectivity index (χ0n) is 10.7. The van der Waals surface area contributed by atoms with Crippen molar-refractivity contribution in [2.24, 2.45) is 5.92 Å². The third kappa shape index (κ3) is 3.72. The SMILES string of the molecule is CCOc1cccc(NC(C)C(C)CC)n1. The van der Waals surface area contributed by atoms with E-state index in [-0.39, 0.29) is 0 Å². The van der Waals surface area contributed by atoms with Crippen LogP contribution < -0.4 is 10.1 Å². The van der Waals surface area contributed by atoms with Crippen molar-refractivity contribution in [3.8, 4) is 5.88 Å². The van der Waals surface area contributed by atoms with Crippen molar-refractivity contribution >= 4 is 5.82 Å². The first-order valence-electron chi connectivity index (χ1n) is 6.03. The van der Waals surface area contributed by atoms with Crippen LogP contribution in [0.3, 0.4) is 0 Å². The molecule has 1 N–H and O–H groups in total. The van der Waals surface area contributed by atoms with Crippen molar-refractivity contribution in [2.75, 3.05) is 11.9 Å². The maximum absolute atomic E-state index is 5.36. The summed E-state index contributed by atoms with van der Waals surface area (Å²) in [7, 11) is 0. The molecule has 0 aliphatic rings. The average Bonchev–Trinajstić information content (AvgIpc) is 2.29. The highest BCUT2D eigenvalue weighted by Gasteiger charge is 2.10. The Morgan fingerprint density at radius 2 is 2.06 bits per heavy atom. The highest BCUT2D eigenvalue weighted by molar-refractivity contribution is 5.38. The Morgan fingerprint density at radius 1 is 1.31 bits per heavy atom. The third-order valence-electron chi connectivity index (χ3n) is 2.89. The van der Waals surface area contributed by atoms with Crippen LogP contribution >= 0.6 is 0 Å². The molecule has 0 spiro atoms. The highest BCUT2D eigenvalue weighted by Crippen LogP contribution is 2.15. The van der Waals surface area contributed by atoms with Crippen LogP contribution in [0.15, 0.2) is 18.2 Å². The Labute approximate surface area is 98.2 Å². The smallest absolute Gasteiger partial charge is 0.215 e. The third-order valence-corrected chi connectivity index (χ3v) is 2.89. The summed E-state index contributed by atoms with van der Waals surface area (Å²) in [6.45, 7) is 9.24. The number of hydrogen-bond donors (Lipinski definition) is 1. The van der Waals surface area contributed by atoms with Crippen LogP contribution in [0.1, 0.15) is 34.1 Å². The van der Waals surface area contributed by atoms with Crippen molar-refractivity contribution in [1.29, 1.82) is 0 Å². The molecule has 0 aliphatic carbocycles. The minimum atomic E-state index is 0.425. The zero-order chi connectivity index (χ0) is 12.0. The number of aromatic nitrogens is 1. The molecule has 0 radical (unpaired) electrons. The summed E-state index contributed by atoms with van der Waals surface area (Å²) < 4.78 is 5.36. The fourth-order valence-electron chi connectivity index (χ4n) is 1.45. The Hall–Kier alpha value is -1.25. The number of nitrogens with zero attached hydrogens (tertiary/aromatic N) is 1. The second kappa shape index (κ2) is 6.36. The van der Waals surface area contributed by atoms with Crippen LogP contribution in [0.25, 0.3) is 0 Å². The van der Waals surface area contributed by atoms with E-state index in [0.29, 0.717) is 24.4 Å². The maximum Gasteiger partial charge on any atom is 0.215 e. The summed E-state index contributed by atoms with van der Waals surface area (Å²) in [4.78, 5) is 4.39. The van der Waals surface area contributed by atoms with Gasteiger partial charge >= 0.3 is 0 Å². The van der Waals surface area contributed by atoms with Crippen molar-refractivity contribution < 1.29 is 4.74 Å². The van der Waals surface area contributed by atoms with Gasteiger partial charge in [0.25, 0.3) is 0 Å². The van der Waals surface area contributed by atoms with Gasteiger partial charge in [-0.25, -0.2) is 0 Å². The number of nitrogens with one attached hydrogen (secondary N) is 1. The molecule has 1 aromatic rings. The molecule has 0 saturated carbocycles. The Morgan fingerprint density at radius 3 is 2.69 bits per heavy atom. The van der Waals surface area contributed by atoms with Crippen LogP contribution in [0.5, 0.6) is 5.88 Å². The van der Waals surface area contributed by atoms with Gasteiger partial charge in [0.05, 0.1) is 6.61 Å². The van der Waals surface area contributed by atoms with E-state index < -0.39 is 0 Å². The van der Waals surface area contributed by atoms with Gasteiger partial charge in [-0.15, -0.1) is 0 Å². The predicted octanol–water partition coefficient (Wildman–Crippen LogP) is 3.33. The summed E-state index contributed by atoms with van der Waals surface area (Å²) in [6.07, 6.45) is 1.17. The molecular weight excluding hydrogens is 200 g/mol. The van der Waals surface area contributed by atoms with Crippen LogP contribution in [-0.2, 0) is 0 Å². The summed E-state index contributed by atoms with van der Waals surface area (Å²) in [6, 6.07) is 6.24. The van der Waals surface area contributed by atoms with Crippen LogP contribution in [0.2, 0.25) is 0 Å². The predicted molar refractivity (Wildman–Crippen MR) is 67.9 cm³/mol. The van der Waals surface area contributed by atoms with Gasteiger partial charge < -0.3 is 10.1 Å². The number of pyridine rings is 1. The average molecular weight is 222 g/mol. The Bertz CT molecular complexity index is 315. The number of anilines is 1. The second-order valence-corrected chi connectivity index (χ2v) is 4.11. The number of ether oxygens (including phenoxy) is 1. The lowest BCUT2D eigenvalue weighted by Crippen LogP contribution is -2.23. The van der Waals surface area contributed by atoms with E-state index in [0.717, 1.165) is 5.82 Å². The molecule has 0 fully saturated rings. The van der Waals surface area contributed by atoms with Gasteiger partial charge in [-0.2, -0.15) is 4.98 Å². The lowest BCUT2D eigenvalue weighted by Gasteiger charge is -2.20. The molecule has 1 aromatic heterocycles. The molecular formula is C13H22N2O. The topological polar surface area (TPSA) is 34.1 Å². The van der Waals surface area contributed by atoms with Gasteiger partial charge in [0.1, 0.15) is 5.82 Å². The number of hydrogen-bond acceptors (Lipinski definition) is 3. The van der Waals surface area contributed by atoms with E-state index in [9.17, 15) is 0 Å².